The highest BCUT2D eigenvalue weighted by Gasteiger charge is 2.26. The Balaban J connectivity index is 2.82. The quantitative estimate of drug-likeness (QED) is 0.818. The molecular weight excluding hydrogens is 318 g/mol. The number of sulfone groups is 1. The van der Waals surface area contributed by atoms with Crippen LogP contribution in [0.4, 0.5) is 0 Å². The number of hydrogen-bond acceptors (Lipinski definition) is 4. The van der Waals surface area contributed by atoms with Gasteiger partial charge in [-0.05, 0) is 30.2 Å². The molecule has 0 saturated carbocycles. The van der Waals surface area contributed by atoms with Crippen molar-refractivity contribution in [3.63, 3.8) is 0 Å². The first-order valence-electron chi connectivity index (χ1n) is 6.14. The molecule has 0 saturated heterocycles. The second-order valence-electron chi connectivity index (χ2n) is 4.84. The molecule has 0 spiro atoms. The predicted octanol–water partition coefficient (Wildman–Crippen LogP) is 1.34. The number of amides is 1. The third-order valence-electron chi connectivity index (χ3n) is 2.74. The van der Waals surface area contributed by atoms with Gasteiger partial charge in [0.25, 0.3) is 0 Å². The van der Waals surface area contributed by atoms with Crippen LogP contribution in [0.3, 0.4) is 0 Å². The normalized spacial score (nSPS) is 13.0. The fourth-order valence-electron chi connectivity index (χ4n) is 1.63. The minimum atomic E-state index is -3.84. The highest BCUT2D eigenvalue weighted by atomic mass is 35.5. The summed E-state index contributed by atoms with van der Waals surface area (Å²) in [7, 11) is -3.84. The number of carboxylic acids is 1. The minimum absolute atomic E-state index is 0.0431. The van der Waals surface area contributed by atoms with Gasteiger partial charge in [0, 0.05) is 5.02 Å². The molecular formula is C13H16ClNO5S. The minimum Gasteiger partial charge on any atom is -0.480 e. The molecule has 6 nitrogen and oxygen atoms in total. The first-order valence-corrected chi connectivity index (χ1v) is 8.17. The van der Waals surface area contributed by atoms with Gasteiger partial charge in [-0.25, -0.2) is 13.2 Å². The molecule has 116 valence electrons. The second kappa shape index (κ2) is 6.91. The number of halogens is 1. The molecule has 0 aliphatic heterocycles. The van der Waals surface area contributed by atoms with Crippen molar-refractivity contribution in [2.45, 2.75) is 24.8 Å². The van der Waals surface area contributed by atoms with Crippen molar-refractivity contribution in [1.82, 2.24) is 5.32 Å². The summed E-state index contributed by atoms with van der Waals surface area (Å²) in [5, 5.41) is 11.5. The van der Waals surface area contributed by atoms with Gasteiger partial charge in [0.2, 0.25) is 5.91 Å². The molecule has 0 fully saturated rings. The Bertz CT molecular complexity index is 624. The van der Waals surface area contributed by atoms with E-state index in [1.807, 2.05) is 0 Å². The maximum absolute atomic E-state index is 12.0. The standard InChI is InChI=1S/C13H16ClNO5S/c1-8(2)12(13(17)18)15-11(16)7-21(19,20)10-5-3-9(14)4-6-10/h3-6,8,12H,7H2,1-2H3,(H,15,16)(H,17,18)/t12-/m1/s1. The molecule has 0 aromatic heterocycles. The van der Waals surface area contributed by atoms with E-state index < -0.39 is 33.5 Å². The van der Waals surface area contributed by atoms with E-state index >= 15 is 0 Å². The first kappa shape index (κ1) is 17.5. The molecule has 1 atom stereocenters. The van der Waals surface area contributed by atoms with Crippen LogP contribution in [-0.4, -0.2) is 37.2 Å². The van der Waals surface area contributed by atoms with Gasteiger partial charge >= 0.3 is 5.97 Å². The van der Waals surface area contributed by atoms with Crippen LogP contribution in [0.15, 0.2) is 29.2 Å². The lowest BCUT2D eigenvalue weighted by atomic mass is 10.1. The van der Waals surface area contributed by atoms with Crippen LogP contribution in [-0.2, 0) is 19.4 Å². The zero-order valence-electron chi connectivity index (χ0n) is 11.5. The van der Waals surface area contributed by atoms with Crippen molar-refractivity contribution in [3.8, 4) is 0 Å². The van der Waals surface area contributed by atoms with Crippen LogP contribution in [0.2, 0.25) is 5.02 Å². The Morgan fingerprint density at radius 2 is 1.76 bits per heavy atom. The Labute approximate surface area is 128 Å². The molecule has 0 heterocycles. The third kappa shape index (κ3) is 5.02. The van der Waals surface area contributed by atoms with Gasteiger partial charge in [0.05, 0.1) is 4.90 Å². The molecule has 0 aliphatic rings. The SMILES string of the molecule is CC(C)[C@@H](NC(=O)CS(=O)(=O)c1ccc(Cl)cc1)C(=O)O. The Hall–Kier alpha value is -1.60. The second-order valence-corrected chi connectivity index (χ2v) is 7.27. The average molecular weight is 334 g/mol. The van der Waals surface area contributed by atoms with Gasteiger partial charge in [-0.3, -0.25) is 4.79 Å². The van der Waals surface area contributed by atoms with Crippen LogP contribution >= 0.6 is 11.6 Å². The summed E-state index contributed by atoms with van der Waals surface area (Å²) in [6.45, 7) is 3.24. The largest absolute Gasteiger partial charge is 0.480 e. The fourth-order valence-corrected chi connectivity index (χ4v) is 2.90. The van der Waals surface area contributed by atoms with Crippen molar-refractivity contribution >= 4 is 33.3 Å². The summed E-state index contributed by atoms with van der Waals surface area (Å²) in [6.07, 6.45) is 0. The summed E-state index contributed by atoms with van der Waals surface area (Å²) in [4.78, 5) is 22.7. The maximum Gasteiger partial charge on any atom is 0.326 e. The van der Waals surface area contributed by atoms with Crippen molar-refractivity contribution in [2.24, 2.45) is 5.92 Å². The highest BCUT2D eigenvalue weighted by Crippen LogP contribution is 2.15. The van der Waals surface area contributed by atoms with Gasteiger partial charge < -0.3 is 10.4 Å². The van der Waals surface area contributed by atoms with Crippen molar-refractivity contribution in [2.75, 3.05) is 5.75 Å². The summed E-state index contributed by atoms with van der Waals surface area (Å²) in [5.74, 6) is -3.23. The zero-order chi connectivity index (χ0) is 16.2. The molecule has 0 radical (unpaired) electrons. The third-order valence-corrected chi connectivity index (χ3v) is 4.63. The first-order chi connectivity index (χ1) is 9.63. The lowest BCUT2D eigenvalue weighted by Crippen LogP contribution is -2.46. The topological polar surface area (TPSA) is 101 Å². The molecule has 0 bridgehead atoms. The van der Waals surface area contributed by atoms with Crippen LogP contribution in [0.1, 0.15) is 13.8 Å². The van der Waals surface area contributed by atoms with Crippen LogP contribution in [0.5, 0.6) is 0 Å². The maximum atomic E-state index is 12.0. The van der Waals surface area contributed by atoms with E-state index in [1.54, 1.807) is 13.8 Å². The van der Waals surface area contributed by atoms with E-state index in [0.717, 1.165) is 0 Å². The van der Waals surface area contributed by atoms with E-state index in [4.69, 9.17) is 16.7 Å². The van der Waals surface area contributed by atoms with E-state index in [1.165, 1.54) is 24.3 Å². The number of nitrogens with one attached hydrogen (secondary N) is 1. The van der Waals surface area contributed by atoms with Crippen LogP contribution in [0.25, 0.3) is 0 Å². The molecule has 8 heteroatoms. The molecule has 1 aromatic carbocycles. The Morgan fingerprint density at radius 3 is 2.19 bits per heavy atom. The van der Waals surface area contributed by atoms with E-state index in [2.05, 4.69) is 5.32 Å². The number of aliphatic carboxylic acids is 1. The summed E-state index contributed by atoms with van der Waals surface area (Å²) in [5.41, 5.74) is 0. The number of carboxylic acid groups (broad SMARTS) is 1. The summed E-state index contributed by atoms with van der Waals surface area (Å²) >= 11 is 5.67. The Kier molecular flexibility index (Phi) is 5.74. The number of benzene rings is 1. The number of carbonyl (C=O) groups is 2. The predicted molar refractivity (Wildman–Crippen MR) is 77.9 cm³/mol. The molecule has 21 heavy (non-hydrogen) atoms. The number of rotatable bonds is 6. The highest BCUT2D eigenvalue weighted by molar-refractivity contribution is 7.92. The van der Waals surface area contributed by atoms with E-state index in [9.17, 15) is 18.0 Å². The number of carbonyl (C=O) groups excluding carboxylic acids is 1. The van der Waals surface area contributed by atoms with Crippen LogP contribution < -0.4 is 5.32 Å². The van der Waals surface area contributed by atoms with Gasteiger partial charge in [-0.2, -0.15) is 0 Å². The van der Waals surface area contributed by atoms with Crippen LogP contribution in [0, 0.1) is 5.92 Å². The number of hydrogen-bond donors (Lipinski definition) is 2. The summed E-state index contributed by atoms with van der Waals surface area (Å²) < 4.78 is 24.0. The lowest BCUT2D eigenvalue weighted by Gasteiger charge is -2.17. The molecule has 0 aliphatic carbocycles. The van der Waals surface area contributed by atoms with E-state index in [-0.39, 0.29) is 10.8 Å². The van der Waals surface area contributed by atoms with Gasteiger partial charge in [0.15, 0.2) is 9.84 Å². The monoisotopic (exact) mass is 333 g/mol. The molecule has 1 rings (SSSR count). The molecule has 1 amide bonds. The van der Waals surface area contributed by atoms with Crippen molar-refractivity contribution < 1.29 is 23.1 Å². The van der Waals surface area contributed by atoms with Gasteiger partial charge in [-0.15, -0.1) is 0 Å². The fraction of sp³-hybridized carbons (Fsp3) is 0.385. The molecule has 2 N–H and O–H groups in total. The average Bonchev–Trinajstić information content (AvgIpc) is 2.35. The van der Waals surface area contributed by atoms with Crippen molar-refractivity contribution in [1.29, 1.82) is 0 Å². The van der Waals surface area contributed by atoms with Crippen molar-refractivity contribution in [3.05, 3.63) is 29.3 Å². The van der Waals surface area contributed by atoms with Gasteiger partial charge in [0.1, 0.15) is 11.8 Å². The molecule has 0 unspecified atom stereocenters. The zero-order valence-corrected chi connectivity index (χ0v) is 13.1. The smallest absolute Gasteiger partial charge is 0.326 e. The van der Waals surface area contributed by atoms with E-state index in [0.29, 0.717) is 5.02 Å². The summed E-state index contributed by atoms with van der Waals surface area (Å²) in [6, 6.07) is 4.27. The van der Waals surface area contributed by atoms with Gasteiger partial charge in [-0.1, -0.05) is 25.4 Å². The lowest BCUT2D eigenvalue weighted by molar-refractivity contribution is -0.142. The molecule has 1 aromatic rings. The Morgan fingerprint density at radius 1 is 1.24 bits per heavy atom.